The van der Waals surface area contributed by atoms with E-state index >= 15 is 0 Å². The second-order valence-corrected chi connectivity index (χ2v) is 25.6. The number of fused-ring (bicyclic) bond motifs is 6. The first-order chi connectivity index (χ1) is 36.8. The van der Waals surface area contributed by atoms with E-state index in [-0.39, 0.29) is 62.4 Å². The molecule has 0 saturated carbocycles. The molecular weight excluding hydrogens is 1060 g/mol. The fourth-order valence-electron chi connectivity index (χ4n) is 10.5. The number of unbranched alkanes of at least 4 members (excludes halogenated alkanes) is 5. The van der Waals surface area contributed by atoms with E-state index in [1.54, 1.807) is 0 Å². The number of rotatable bonds is 28. The Bertz CT molecular complexity index is 3420. The topological polar surface area (TPSA) is 251 Å². The van der Waals surface area contributed by atoms with E-state index in [1.807, 2.05) is 78.9 Å². The Hall–Kier alpha value is -6.23. The quantitative estimate of drug-likeness (QED) is 0.0157. The molecule has 0 spiro atoms. The maximum absolute atomic E-state index is 12.2. The first-order valence-corrected chi connectivity index (χ1v) is 31.1. The van der Waals surface area contributed by atoms with E-state index in [4.69, 9.17) is 18.9 Å². The smallest absolute Gasteiger partial charge is 0.333 e. The largest absolute Gasteiger partial charge is 0.494 e. The fourth-order valence-corrected chi connectivity index (χ4v) is 12.2. The highest BCUT2D eigenvalue weighted by Gasteiger charge is 2.46. The monoisotopic (exact) mass is 1130 g/mol. The number of amides is 2. The van der Waals surface area contributed by atoms with Crippen LogP contribution in [0.1, 0.15) is 116 Å². The molecular formula is C57H70N3O15S3+. The summed E-state index contributed by atoms with van der Waals surface area (Å²) in [4.78, 5) is 42.9. The maximum Gasteiger partial charge on any atom is 0.333 e. The van der Waals surface area contributed by atoms with Crippen LogP contribution in [0.4, 0.5) is 11.4 Å². The molecule has 78 heavy (non-hydrogen) atoms. The molecule has 1 saturated heterocycles. The third kappa shape index (κ3) is 15.3. The van der Waals surface area contributed by atoms with Gasteiger partial charge in [0, 0.05) is 66.7 Å². The number of hydroxylamine groups is 2. The van der Waals surface area contributed by atoms with Crippen molar-refractivity contribution in [3.63, 3.8) is 0 Å². The molecule has 4 aromatic carbocycles. The van der Waals surface area contributed by atoms with E-state index in [1.165, 1.54) is 0 Å². The van der Waals surface area contributed by atoms with E-state index < -0.39 is 59.0 Å². The van der Waals surface area contributed by atoms with Crippen molar-refractivity contribution in [2.45, 2.75) is 116 Å². The average Bonchev–Trinajstić information content (AvgIpc) is 3.78. The first kappa shape index (κ1) is 59.4. The number of allylic oxidation sites excluding steroid dienone is 8. The number of hydrogen-bond acceptors (Lipinski definition) is 13. The van der Waals surface area contributed by atoms with Gasteiger partial charge in [0.2, 0.25) is 5.69 Å². The third-order valence-electron chi connectivity index (χ3n) is 14.2. The van der Waals surface area contributed by atoms with Gasteiger partial charge in [0.1, 0.15) is 18.0 Å². The number of nitrogens with zero attached hydrogens (tertiary/aromatic N) is 3. The predicted octanol–water partition coefficient (Wildman–Crippen LogP) is 9.65. The Labute approximate surface area is 457 Å². The molecule has 2 amide bonds. The van der Waals surface area contributed by atoms with Gasteiger partial charge >= 0.3 is 5.97 Å². The van der Waals surface area contributed by atoms with Gasteiger partial charge in [-0.05, 0) is 135 Å². The Balaban J connectivity index is 1.07. The summed E-state index contributed by atoms with van der Waals surface area (Å²) in [7, 11) is -12.3. The minimum absolute atomic E-state index is 0.0376. The van der Waals surface area contributed by atoms with Crippen LogP contribution in [0.3, 0.4) is 0 Å². The van der Waals surface area contributed by atoms with Gasteiger partial charge in [-0.3, -0.25) is 23.2 Å². The summed E-state index contributed by atoms with van der Waals surface area (Å²) in [6.07, 6.45) is 18.0. The van der Waals surface area contributed by atoms with Gasteiger partial charge in [-0.15, -0.1) is 5.06 Å². The minimum atomic E-state index is -4.13. The van der Waals surface area contributed by atoms with Crippen LogP contribution in [0, 0.1) is 0 Å². The zero-order valence-corrected chi connectivity index (χ0v) is 47.0. The number of carbonyl (C=O) groups excluding carboxylic acids is 3. The van der Waals surface area contributed by atoms with Crippen LogP contribution in [0.2, 0.25) is 0 Å². The highest BCUT2D eigenvalue weighted by molar-refractivity contribution is 7.86. The Morgan fingerprint density at radius 2 is 1.14 bits per heavy atom. The van der Waals surface area contributed by atoms with Crippen molar-refractivity contribution in [1.82, 2.24) is 5.06 Å². The van der Waals surface area contributed by atoms with Crippen LogP contribution < -0.4 is 14.4 Å². The lowest BCUT2D eigenvalue weighted by molar-refractivity contribution is -0.438. The maximum atomic E-state index is 12.2. The number of hydrogen-bond donors (Lipinski definition) is 3. The second kappa shape index (κ2) is 25.3. The zero-order chi connectivity index (χ0) is 56.5. The van der Waals surface area contributed by atoms with Crippen molar-refractivity contribution in [2.24, 2.45) is 0 Å². The van der Waals surface area contributed by atoms with E-state index in [0.29, 0.717) is 74.8 Å². The molecule has 0 aliphatic carbocycles. The summed E-state index contributed by atoms with van der Waals surface area (Å²) < 4.78 is 111. The molecule has 0 atom stereocenters. The van der Waals surface area contributed by atoms with Crippen LogP contribution in [-0.4, -0.2) is 116 Å². The summed E-state index contributed by atoms with van der Waals surface area (Å²) in [5.74, 6) is -1.39. The van der Waals surface area contributed by atoms with Gasteiger partial charge in [-0.2, -0.15) is 29.8 Å². The summed E-state index contributed by atoms with van der Waals surface area (Å²) in [6.45, 7) is 10.2. The lowest BCUT2D eigenvalue weighted by Gasteiger charge is -2.27. The molecule has 3 heterocycles. The molecule has 18 nitrogen and oxygen atoms in total. The SMILES string of the molecule is CC1(C)C(/C=C/C=C/C=C/C=C2/N(CCCCS(=O)(=O)O)c3ccc4ccc(OCCCCCC(=O)ON5C(=O)CCC5=O)cc4c3C2(C)C)=[N+](CCCCS(=O)(=O)O)c2ccc3ccc(OCCCCS(=O)(=O)O)cc3c21. The average molecular weight is 1130 g/mol. The van der Waals surface area contributed by atoms with E-state index in [0.717, 1.165) is 55.5 Å². The van der Waals surface area contributed by atoms with Gasteiger partial charge in [-0.1, -0.05) is 62.4 Å². The van der Waals surface area contributed by atoms with Gasteiger partial charge in [0.15, 0.2) is 5.71 Å². The summed E-state index contributed by atoms with van der Waals surface area (Å²) in [5, 5.41) is 4.53. The minimum Gasteiger partial charge on any atom is -0.494 e. The zero-order valence-electron chi connectivity index (χ0n) is 44.6. The van der Waals surface area contributed by atoms with Gasteiger partial charge in [-0.25, -0.2) is 4.79 Å². The van der Waals surface area contributed by atoms with Crippen molar-refractivity contribution in [2.75, 3.05) is 48.5 Å². The van der Waals surface area contributed by atoms with Gasteiger partial charge < -0.3 is 19.2 Å². The highest BCUT2D eigenvalue weighted by atomic mass is 32.2. The molecule has 0 unspecified atom stereocenters. The van der Waals surface area contributed by atoms with Crippen LogP contribution in [0.15, 0.2) is 109 Å². The van der Waals surface area contributed by atoms with Crippen molar-refractivity contribution in [1.29, 1.82) is 0 Å². The number of anilines is 1. The molecule has 3 aliphatic heterocycles. The number of carbonyl (C=O) groups is 3. The molecule has 3 aliphatic rings. The highest BCUT2D eigenvalue weighted by Crippen LogP contribution is 2.51. The van der Waals surface area contributed by atoms with Crippen molar-refractivity contribution in [3.8, 4) is 11.5 Å². The molecule has 4 aromatic rings. The number of benzene rings is 4. The molecule has 1 fully saturated rings. The molecule has 0 bridgehead atoms. The molecule has 3 N–H and O–H groups in total. The summed E-state index contributed by atoms with van der Waals surface area (Å²) in [5.41, 5.74) is 5.00. The Morgan fingerprint density at radius 3 is 1.76 bits per heavy atom. The van der Waals surface area contributed by atoms with Crippen molar-refractivity contribution < 1.29 is 72.2 Å². The number of ether oxygens (including phenoxy) is 2. The second-order valence-electron chi connectivity index (χ2n) is 20.8. The fraction of sp³-hybridized carbons (Fsp3) is 0.439. The normalized spacial score (nSPS) is 17.0. The molecule has 21 heteroatoms. The predicted molar refractivity (Wildman–Crippen MR) is 300 cm³/mol. The molecule has 0 radical (unpaired) electrons. The third-order valence-corrected chi connectivity index (χ3v) is 16.6. The van der Waals surface area contributed by atoms with Gasteiger partial charge in [0.05, 0.1) is 35.9 Å². The standard InChI is InChI=1S/C57H69N3O15S3/c1-56(2)49(58(32-12-16-36-76(64,65)66)47-28-24-41-22-26-43(39-45(41)54(47)56)73-34-14-8-11-21-53(63)75-60-51(61)30-31-52(60)62)19-9-6-5-7-10-20-50-57(3,4)55-46-40-44(74-35-15-18-38-78(70,71)72)27-23-42(46)25-29-48(55)59(50)33-13-17-37-77(67,68)69/h5-7,9-10,19-20,22-29,39-40H,8,11-18,21,30-38H2,1-4H3,(H2-,64,65,66,67,68,69,70,71,72)/p+1. The van der Waals surface area contributed by atoms with Crippen molar-refractivity contribution >= 4 is 86.8 Å². The molecule has 420 valence electrons. The Morgan fingerprint density at radius 1 is 0.615 bits per heavy atom. The van der Waals surface area contributed by atoms with Crippen LogP contribution >= 0.6 is 0 Å². The van der Waals surface area contributed by atoms with E-state index in [9.17, 15) is 48.7 Å². The van der Waals surface area contributed by atoms with E-state index in [2.05, 4.69) is 61.4 Å². The summed E-state index contributed by atoms with van der Waals surface area (Å²) >= 11 is 0. The lowest BCUT2D eigenvalue weighted by Crippen LogP contribution is -2.31. The van der Waals surface area contributed by atoms with Crippen LogP contribution in [0.25, 0.3) is 21.5 Å². The van der Waals surface area contributed by atoms with Gasteiger partial charge in [0.25, 0.3) is 42.2 Å². The van der Waals surface area contributed by atoms with Crippen LogP contribution in [-0.2, 0) is 60.4 Å². The number of imide groups is 1. The molecule has 7 rings (SSSR count). The first-order valence-electron chi connectivity index (χ1n) is 26.3. The van der Waals surface area contributed by atoms with Crippen molar-refractivity contribution in [3.05, 3.63) is 120 Å². The summed E-state index contributed by atoms with van der Waals surface area (Å²) in [6, 6.07) is 20.0. The van der Waals surface area contributed by atoms with Crippen LogP contribution in [0.5, 0.6) is 11.5 Å². The molecule has 0 aromatic heterocycles. The Kier molecular flexibility index (Phi) is 19.3. The lowest BCUT2D eigenvalue weighted by atomic mass is 9.79.